The molecule has 1 amide bonds. The van der Waals surface area contributed by atoms with E-state index in [1.165, 1.54) is 4.90 Å². The van der Waals surface area contributed by atoms with Gasteiger partial charge in [0.2, 0.25) is 6.41 Å². The van der Waals surface area contributed by atoms with Crippen molar-refractivity contribution in [2.45, 2.75) is 32.4 Å². The lowest BCUT2D eigenvalue weighted by molar-refractivity contribution is -0.123. The second kappa shape index (κ2) is 3.01. The van der Waals surface area contributed by atoms with Crippen LogP contribution in [0.2, 0.25) is 0 Å². The van der Waals surface area contributed by atoms with Crippen molar-refractivity contribution in [1.82, 2.24) is 4.90 Å². The fourth-order valence-electron chi connectivity index (χ4n) is 0.590. The minimum absolute atomic E-state index is 0.148. The zero-order valence-corrected chi connectivity index (χ0v) is 6.96. The van der Waals surface area contributed by atoms with E-state index in [4.69, 9.17) is 0 Å². The number of hydrogen-bond donors (Lipinski definition) is 1. The zero-order valence-electron chi connectivity index (χ0n) is 6.96. The number of carbonyl (C=O) groups excluding carboxylic acids is 1. The Kier molecular flexibility index (Phi) is 2.84. The Balaban J connectivity index is 4.07. The number of aliphatic hydroxyl groups is 1. The Morgan fingerprint density at radius 3 is 2.10 bits per heavy atom. The lowest BCUT2D eigenvalue weighted by atomic mass is 10.0. The van der Waals surface area contributed by atoms with Crippen molar-refractivity contribution in [1.29, 1.82) is 0 Å². The van der Waals surface area contributed by atoms with Crippen LogP contribution in [0.25, 0.3) is 0 Å². The maximum Gasteiger partial charge on any atom is 0.209 e. The zero-order chi connectivity index (χ0) is 8.36. The Bertz CT molecular complexity index is 117. The van der Waals surface area contributed by atoms with E-state index in [0.717, 1.165) is 0 Å². The Hall–Kier alpha value is -0.570. The third-order valence-corrected chi connectivity index (χ3v) is 1.80. The summed E-state index contributed by atoms with van der Waals surface area (Å²) in [5.74, 6) is 0. The van der Waals surface area contributed by atoms with Crippen molar-refractivity contribution in [3.05, 3.63) is 0 Å². The summed E-state index contributed by atoms with van der Waals surface area (Å²) < 4.78 is 0. The SMILES string of the molecule is CC(N(C)C=O)C(C)(C)O. The molecule has 0 aromatic rings. The number of carbonyl (C=O) groups is 1. The molecule has 0 aromatic carbocycles. The first-order valence-electron chi connectivity index (χ1n) is 3.29. The first kappa shape index (κ1) is 9.43. The van der Waals surface area contributed by atoms with Gasteiger partial charge in [0.1, 0.15) is 0 Å². The summed E-state index contributed by atoms with van der Waals surface area (Å²) in [5.41, 5.74) is -0.824. The van der Waals surface area contributed by atoms with Crippen LogP contribution in [0, 0.1) is 0 Å². The quantitative estimate of drug-likeness (QED) is 0.578. The molecule has 0 aliphatic rings. The third kappa shape index (κ3) is 2.35. The van der Waals surface area contributed by atoms with Gasteiger partial charge in [0.25, 0.3) is 0 Å². The molecular weight excluding hydrogens is 130 g/mol. The molecule has 1 atom stereocenters. The second-order valence-corrected chi connectivity index (χ2v) is 3.10. The van der Waals surface area contributed by atoms with Gasteiger partial charge in [-0.25, -0.2) is 0 Å². The molecule has 0 spiro atoms. The highest BCUT2D eigenvalue weighted by Gasteiger charge is 2.24. The van der Waals surface area contributed by atoms with E-state index in [1.54, 1.807) is 27.8 Å². The molecule has 0 aliphatic heterocycles. The number of amides is 1. The number of rotatable bonds is 3. The van der Waals surface area contributed by atoms with Crippen LogP contribution in [0.5, 0.6) is 0 Å². The Labute approximate surface area is 61.6 Å². The van der Waals surface area contributed by atoms with Crippen LogP contribution >= 0.6 is 0 Å². The minimum atomic E-state index is -0.824. The Morgan fingerprint density at radius 1 is 1.60 bits per heavy atom. The summed E-state index contributed by atoms with van der Waals surface area (Å²) in [7, 11) is 1.65. The summed E-state index contributed by atoms with van der Waals surface area (Å²) in [6.07, 6.45) is 0.711. The van der Waals surface area contributed by atoms with E-state index in [1.807, 2.05) is 0 Å². The fourth-order valence-corrected chi connectivity index (χ4v) is 0.590. The van der Waals surface area contributed by atoms with E-state index in [2.05, 4.69) is 0 Å². The van der Waals surface area contributed by atoms with E-state index in [0.29, 0.717) is 6.41 Å². The van der Waals surface area contributed by atoms with Crippen molar-refractivity contribution in [3.8, 4) is 0 Å². The molecule has 0 radical (unpaired) electrons. The molecule has 0 saturated heterocycles. The van der Waals surface area contributed by atoms with Gasteiger partial charge in [0.05, 0.1) is 11.6 Å². The molecule has 0 saturated carbocycles. The van der Waals surface area contributed by atoms with Crippen LogP contribution in [0.4, 0.5) is 0 Å². The summed E-state index contributed by atoms with van der Waals surface area (Å²) in [6.45, 7) is 5.16. The fraction of sp³-hybridized carbons (Fsp3) is 0.857. The van der Waals surface area contributed by atoms with Gasteiger partial charge in [0, 0.05) is 7.05 Å². The predicted octanol–water partition coefficient (Wildman–Crippen LogP) is 0.234. The normalized spacial score (nSPS) is 14.5. The van der Waals surface area contributed by atoms with E-state index >= 15 is 0 Å². The molecule has 3 heteroatoms. The molecule has 60 valence electrons. The van der Waals surface area contributed by atoms with Gasteiger partial charge in [-0.2, -0.15) is 0 Å². The maximum absolute atomic E-state index is 10.2. The largest absolute Gasteiger partial charge is 0.388 e. The second-order valence-electron chi connectivity index (χ2n) is 3.10. The van der Waals surface area contributed by atoms with Gasteiger partial charge in [-0.1, -0.05) is 0 Å². The van der Waals surface area contributed by atoms with Gasteiger partial charge in [-0.3, -0.25) is 4.79 Å². The van der Waals surface area contributed by atoms with Crippen LogP contribution in [-0.2, 0) is 4.79 Å². The molecule has 0 aliphatic carbocycles. The van der Waals surface area contributed by atoms with Crippen molar-refractivity contribution >= 4 is 6.41 Å². The van der Waals surface area contributed by atoms with Crippen molar-refractivity contribution in [3.63, 3.8) is 0 Å². The van der Waals surface area contributed by atoms with Gasteiger partial charge in [-0.15, -0.1) is 0 Å². The average molecular weight is 145 g/mol. The summed E-state index contributed by atoms with van der Waals surface area (Å²) >= 11 is 0. The van der Waals surface area contributed by atoms with Crippen LogP contribution in [0.15, 0.2) is 0 Å². The molecule has 10 heavy (non-hydrogen) atoms. The lowest BCUT2D eigenvalue weighted by Crippen LogP contribution is -2.44. The van der Waals surface area contributed by atoms with Crippen molar-refractivity contribution < 1.29 is 9.90 Å². The van der Waals surface area contributed by atoms with E-state index < -0.39 is 5.60 Å². The highest BCUT2D eigenvalue weighted by Crippen LogP contribution is 2.11. The lowest BCUT2D eigenvalue weighted by Gasteiger charge is -2.31. The Morgan fingerprint density at radius 2 is 2.00 bits per heavy atom. The predicted molar refractivity (Wildman–Crippen MR) is 39.6 cm³/mol. The monoisotopic (exact) mass is 145 g/mol. The number of hydrogen-bond acceptors (Lipinski definition) is 2. The summed E-state index contributed by atoms with van der Waals surface area (Å²) in [6, 6.07) is -0.148. The molecular formula is C7H15NO2. The minimum Gasteiger partial charge on any atom is -0.388 e. The first-order valence-corrected chi connectivity index (χ1v) is 3.29. The molecule has 0 aromatic heterocycles. The highest BCUT2D eigenvalue weighted by atomic mass is 16.3. The van der Waals surface area contributed by atoms with Crippen molar-refractivity contribution in [2.75, 3.05) is 7.05 Å². The van der Waals surface area contributed by atoms with Crippen molar-refractivity contribution in [2.24, 2.45) is 0 Å². The van der Waals surface area contributed by atoms with Gasteiger partial charge in [0.15, 0.2) is 0 Å². The topological polar surface area (TPSA) is 40.5 Å². The molecule has 0 heterocycles. The molecule has 0 bridgehead atoms. The molecule has 0 fully saturated rings. The smallest absolute Gasteiger partial charge is 0.209 e. The van der Waals surface area contributed by atoms with Crippen LogP contribution in [-0.4, -0.2) is 35.1 Å². The van der Waals surface area contributed by atoms with E-state index in [9.17, 15) is 9.90 Å². The van der Waals surface area contributed by atoms with E-state index in [-0.39, 0.29) is 6.04 Å². The summed E-state index contributed by atoms with van der Waals surface area (Å²) in [5, 5.41) is 9.39. The third-order valence-electron chi connectivity index (χ3n) is 1.80. The molecule has 3 nitrogen and oxygen atoms in total. The number of nitrogens with zero attached hydrogens (tertiary/aromatic N) is 1. The van der Waals surface area contributed by atoms with Gasteiger partial charge < -0.3 is 10.0 Å². The van der Waals surface area contributed by atoms with Crippen LogP contribution < -0.4 is 0 Å². The standard InChI is InChI=1S/C7H15NO2/c1-6(7(2,3)10)8(4)5-9/h5-6,10H,1-4H3. The highest BCUT2D eigenvalue weighted by molar-refractivity contribution is 5.47. The maximum atomic E-state index is 10.2. The van der Waals surface area contributed by atoms with Gasteiger partial charge >= 0.3 is 0 Å². The van der Waals surface area contributed by atoms with Crippen LogP contribution in [0.1, 0.15) is 20.8 Å². The molecule has 1 unspecified atom stereocenters. The first-order chi connectivity index (χ1) is 4.39. The average Bonchev–Trinajstić information content (AvgIpc) is 1.83. The van der Waals surface area contributed by atoms with Gasteiger partial charge in [-0.05, 0) is 20.8 Å². The summed E-state index contributed by atoms with van der Waals surface area (Å²) in [4.78, 5) is 11.7. The van der Waals surface area contributed by atoms with Crippen LogP contribution in [0.3, 0.4) is 0 Å². The molecule has 0 rings (SSSR count). The molecule has 1 N–H and O–H groups in total. The number of likely N-dealkylation sites (N-methyl/N-ethyl adjacent to an activating group) is 1.